The van der Waals surface area contributed by atoms with Gasteiger partial charge in [-0.15, -0.1) is 0 Å². The molecule has 0 spiro atoms. The molecular formula is C15H15BrN2O2. The van der Waals surface area contributed by atoms with Gasteiger partial charge in [-0.3, -0.25) is 0 Å². The van der Waals surface area contributed by atoms with Crippen molar-refractivity contribution < 1.29 is 9.53 Å². The number of pyridine rings is 1. The van der Waals surface area contributed by atoms with Gasteiger partial charge in [0.15, 0.2) is 0 Å². The van der Waals surface area contributed by atoms with Crippen LogP contribution in [0, 0.1) is 0 Å². The van der Waals surface area contributed by atoms with Crippen LogP contribution in [0.4, 0.5) is 5.69 Å². The average Bonchev–Trinajstić information content (AvgIpc) is 2.47. The first kappa shape index (κ1) is 14.5. The van der Waals surface area contributed by atoms with Gasteiger partial charge in [-0.2, -0.15) is 0 Å². The van der Waals surface area contributed by atoms with Crippen LogP contribution in [0.5, 0.6) is 0 Å². The van der Waals surface area contributed by atoms with E-state index in [-0.39, 0.29) is 6.04 Å². The maximum Gasteiger partial charge on any atom is 0.356 e. The minimum atomic E-state index is -0.440. The van der Waals surface area contributed by atoms with Crippen LogP contribution in [-0.4, -0.2) is 18.1 Å². The maximum atomic E-state index is 11.4. The highest BCUT2D eigenvalue weighted by Crippen LogP contribution is 2.21. The Morgan fingerprint density at radius 3 is 2.65 bits per heavy atom. The van der Waals surface area contributed by atoms with Crippen molar-refractivity contribution in [3.63, 3.8) is 0 Å². The van der Waals surface area contributed by atoms with E-state index >= 15 is 0 Å². The van der Waals surface area contributed by atoms with E-state index in [0.29, 0.717) is 5.69 Å². The zero-order valence-electron chi connectivity index (χ0n) is 11.3. The minimum Gasteiger partial charge on any atom is -0.464 e. The molecule has 20 heavy (non-hydrogen) atoms. The Morgan fingerprint density at radius 1 is 1.30 bits per heavy atom. The van der Waals surface area contributed by atoms with Crippen LogP contribution in [0.1, 0.15) is 29.0 Å². The predicted molar refractivity (Wildman–Crippen MR) is 81.8 cm³/mol. The molecule has 1 N–H and O–H groups in total. The largest absolute Gasteiger partial charge is 0.464 e. The van der Waals surface area contributed by atoms with Crippen molar-refractivity contribution in [3.8, 4) is 0 Å². The molecule has 0 aliphatic rings. The van der Waals surface area contributed by atoms with Crippen LogP contribution in [-0.2, 0) is 4.74 Å². The summed E-state index contributed by atoms with van der Waals surface area (Å²) in [6.45, 7) is 2.06. The summed E-state index contributed by atoms with van der Waals surface area (Å²) in [5.41, 5.74) is 2.28. The Kier molecular flexibility index (Phi) is 4.74. The predicted octanol–water partition coefficient (Wildman–Crippen LogP) is 3.80. The van der Waals surface area contributed by atoms with Gasteiger partial charge in [0.05, 0.1) is 7.11 Å². The van der Waals surface area contributed by atoms with E-state index in [9.17, 15) is 4.79 Å². The summed E-state index contributed by atoms with van der Waals surface area (Å²) in [6.07, 6.45) is 1.59. The lowest BCUT2D eigenvalue weighted by Crippen LogP contribution is -2.09. The summed E-state index contributed by atoms with van der Waals surface area (Å²) in [5, 5.41) is 3.33. The molecule has 0 saturated carbocycles. The highest BCUT2D eigenvalue weighted by atomic mass is 79.9. The van der Waals surface area contributed by atoms with Gasteiger partial charge in [-0.25, -0.2) is 9.78 Å². The molecule has 1 aromatic carbocycles. The number of hydrogen-bond acceptors (Lipinski definition) is 4. The second kappa shape index (κ2) is 6.52. The van der Waals surface area contributed by atoms with Crippen LogP contribution in [0.25, 0.3) is 0 Å². The van der Waals surface area contributed by atoms with Crippen molar-refractivity contribution in [2.75, 3.05) is 12.4 Å². The number of nitrogens with one attached hydrogen (secondary N) is 1. The third-order valence-corrected chi connectivity index (χ3v) is 3.44. The van der Waals surface area contributed by atoms with Crippen molar-refractivity contribution in [2.45, 2.75) is 13.0 Å². The molecule has 5 heteroatoms. The third kappa shape index (κ3) is 3.57. The lowest BCUT2D eigenvalue weighted by Gasteiger charge is -2.16. The van der Waals surface area contributed by atoms with Crippen LogP contribution in [0.3, 0.4) is 0 Å². The first-order valence-electron chi connectivity index (χ1n) is 6.16. The minimum absolute atomic E-state index is 0.121. The lowest BCUT2D eigenvalue weighted by atomic mass is 10.1. The van der Waals surface area contributed by atoms with E-state index < -0.39 is 5.97 Å². The van der Waals surface area contributed by atoms with Crippen molar-refractivity contribution in [1.82, 2.24) is 4.98 Å². The fourth-order valence-electron chi connectivity index (χ4n) is 1.82. The number of esters is 1. The van der Waals surface area contributed by atoms with Gasteiger partial charge >= 0.3 is 5.97 Å². The standard InChI is InChI=1S/C15H15BrN2O2/c1-10(11-3-5-12(16)6-4-11)18-13-7-8-17-14(9-13)15(19)20-2/h3-10H,1-2H3,(H,17,18). The SMILES string of the molecule is COC(=O)c1cc(NC(C)c2ccc(Br)cc2)ccn1. The molecule has 1 atom stereocenters. The summed E-state index contributed by atoms with van der Waals surface area (Å²) < 4.78 is 5.71. The van der Waals surface area contributed by atoms with Crippen LogP contribution < -0.4 is 5.32 Å². The van der Waals surface area contributed by atoms with Gasteiger partial charge in [0, 0.05) is 22.4 Å². The number of carbonyl (C=O) groups is 1. The molecule has 0 aliphatic heterocycles. The first-order valence-corrected chi connectivity index (χ1v) is 6.96. The van der Waals surface area contributed by atoms with Crippen LogP contribution in [0.15, 0.2) is 47.1 Å². The van der Waals surface area contributed by atoms with E-state index in [2.05, 4.69) is 37.9 Å². The lowest BCUT2D eigenvalue weighted by molar-refractivity contribution is 0.0594. The van der Waals surface area contributed by atoms with Crippen molar-refractivity contribution >= 4 is 27.6 Å². The number of anilines is 1. The Balaban J connectivity index is 2.13. The molecule has 0 radical (unpaired) electrons. The van der Waals surface area contributed by atoms with E-state index in [1.807, 2.05) is 30.3 Å². The highest BCUT2D eigenvalue weighted by Gasteiger charge is 2.09. The Morgan fingerprint density at radius 2 is 2.00 bits per heavy atom. The quantitative estimate of drug-likeness (QED) is 0.864. The van der Waals surface area contributed by atoms with Crippen LogP contribution >= 0.6 is 15.9 Å². The summed E-state index contributed by atoms with van der Waals surface area (Å²) >= 11 is 3.41. The molecule has 1 heterocycles. The van der Waals surface area contributed by atoms with Crippen molar-refractivity contribution in [2.24, 2.45) is 0 Å². The van der Waals surface area contributed by atoms with E-state index in [4.69, 9.17) is 0 Å². The smallest absolute Gasteiger partial charge is 0.356 e. The molecule has 0 bridgehead atoms. The summed E-state index contributed by atoms with van der Waals surface area (Å²) in [5.74, 6) is -0.440. The number of methoxy groups -OCH3 is 1. The number of benzene rings is 1. The molecule has 1 aromatic heterocycles. The molecule has 2 rings (SSSR count). The number of carbonyl (C=O) groups excluding carboxylic acids is 1. The molecular weight excluding hydrogens is 320 g/mol. The molecule has 104 valence electrons. The number of halogens is 1. The van der Waals surface area contributed by atoms with Gasteiger partial charge in [0.25, 0.3) is 0 Å². The monoisotopic (exact) mass is 334 g/mol. The molecule has 1 unspecified atom stereocenters. The molecule has 0 amide bonds. The zero-order chi connectivity index (χ0) is 14.5. The number of aromatic nitrogens is 1. The highest BCUT2D eigenvalue weighted by molar-refractivity contribution is 9.10. The maximum absolute atomic E-state index is 11.4. The molecule has 4 nitrogen and oxygen atoms in total. The summed E-state index contributed by atoms with van der Waals surface area (Å²) in [7, 11) is 1.34. The van der Waals surface area contributed by atoms with E-state index in [0.717, 1.165) is 15.7 Å². The Bertz CT molecular complexity index is 599. The zero-order valence-corrected chi connectivity index (χ0v) is 12.8. The van der Waals surface area contributed by atoms with E-state index in [1.54, 1.807) is 12.3 Å². The molecule has 2 aromatic rings. The van der Waals surface area contributed by atoms with Crippen molar-refractivity contribution in [3.05, 3.63) is 58.3 Å². The number of nitrogens with zero attached hydrogens (tertiary/aromatic N) is 1. The van der Waals surface area contributed by atoms with Gasteiger partial charge in [0.2, 0.25) is 0 Å². The fourth-order valence-corrected chi connectivity index (χ4v) is 2.09. The van der Waals surface area contributed by atoms with Crippen molar-refractivity contribution in [1.29, 1.82) is 0 Å². The Hall–Kier alpha value is -1.88. The topological polar surface area (TPSA) is 51.2 Å². The average molecular weight is 335 g/mol. The normalized spacial score (nSPS) is 11.8. The molecule has 0 aliphatic carbocycles. The van der Waals surface area contributed by atoms with Gasteiger partial charge in [-0.1, -0.05) is 28.1 Å². The summed E-state index contributed by atoms with van der Waals surface area (Å²) in [6, 6.07) is 11.7. The number of rotatable bonds is 4. The van der Waals surface area contributed by atoms with E-state index in [1.165, 1.54) is 7.11 Å². The Labute approximate surface area is 126 Å². The molecule has 0 fully saturated rings. The van der Waals surface area contributed by atoms with Gasteiger partial charge in [0.1, 0.15) is 5.69 Å². The third-order valence-electron chi connectivity index (χ3n) is 2.91. The number of hydrogen-bond donors (Lipinski definition) is 1. The first-order chi connectivity index (χ1) is 9.60. The second-order valence-electron chi connectivity index (χ2n) is 4.34. The second-order valence-corrected chi connectivity index (χ2v) is 5.25. The van der Waals surface area contributed by atoms with Gasteiger partial charge < -0.3 is 10.1 Å². The summed E-state index contributed by atoms with van der Waals surface area (Å²) in [4.78, 5) is 15.4. The van der Waals surface area contributed by atoms with Crippen LogP contribution in [0.2, 0.25) is 0 Å². The fraction of sp³-hybridized carbons (Fsp3) is 0.200. The number of ether oxygens (including phenoxy) is 1. The van der Waals surface area contributed by atoms with Gasteiger partial charge in [-0.05, 0) is 36.8 Å². The molecule has 0 saturated heterocycles.